The number of benzene rings is 1. The second kappa shape index (κ2) is 11.0. The Balaban J connectivity index is 0.00000274. The highest BCUT2D eigenvalue weighted by atomic mass is 35.5. The largest absolute Gasteiger partial charge is 0.353 e. The maximum atomic E-state index is 12.6. The Morgan fingerprint density at radius 1 is 1.12 bits per heavy atom. The summed E-state index contributed by atoms with van der Waals surface area (Å²) in [6.07, 6.45) is 6.67. The Hall–Kier alpha value is -2.19. The van der Waals surface area contributed by atoms with Gasteiger partial charge in [0.2, 0.25) is 17.6 Å². The van der Waals surface area contributed by atoms with Crippen LogP contribution in [0.3, 0.4) is 0 Å². The number of nitrogens with zero attached hydrogens (tertiary/aromatic N) is 4. The third-order valence-corrected chi connectivity index (χ3v) is 7.27. The molecular weight excluding hydrogens is 497 g/mol. The van der Waals surface area contributed by atoms with Gasteiger partial charge in [-0.15, -0.1) is 12.4 Å². The first-order valence-electron chi connectivity index (χ1n) is 11.3. The molecule has 10 heteroatoms. The molecule has 2 aliphatic rings. The molecule has 2 unspecified atom stereocenters. The molecule has 3 aromatic rings. The number of amides is 1. The minimum absolute atomic E-state index is 0. The molecule has 5 rings (SSSR count). The highest BCUT2D eigenvalue weighted by molar-refractivity contribution is 6.42. The molecule has 1 amide bonds. The van der Waals surface area contributed by atoms with Gasteiger partial charge in [-0.05, 0) is 55.5 Å². The van der Waals surface area contributed by atoms with E-state index in [1.807, 2.05) is 36.4 Å². The molecule has 2 saturated heterocycles. The third kappa shape index (κ3) is 5.71. The van der Waals surface area contributed by atoms with Crippen molar-refractivity contribution in [2.45, 2.75) is 63.2 Å². The number of hydrogen-bond acceptors (Lipinski definition) is 6. The molecule has 2 bridgehead atoms. The zero-order valence-electron chi connectivity index (χ0n) is 18.5. The minimum atomic E-state index is 0. The average Bonchev–Trinajstić information content (AvgIpc) is 3.37. The fourth-order valence-electron chi connectivity index (χ4n) is 4.97. The summed E-state index contributed by atoms with van der Waals surface area (Å²) in [6, 6.07) is 12.5. The summed E-state index contributed by atoms with van der Waals surface area (Å²) < 4.78 is 5.28. The van der Waals surface area contributed by atoms with Crippen molar-refractivity contribution in [3.8, 4) is 11.5 Å². The first-order valence-corrected chi connectivity index (χ1v) is 12.0. The molecule has 1 N–H and O–H groups in total. The maximum absolute atomic E-state index is 12.6. The van der Waals surface area contributed by atoms with Gasteiger partial charge in [0.1, 0.15) is 5.69 Å². The number of carbonyl (C=O) groups is 1. The molecule has 180 valence electrons. The number of aromatic nitrogens is 3. The normalized spacial score (nSPS) is 21.8. The first kappa shape index (κ1) is 24.9. The number of aryl methyl sites for hydroxylation is 1. The van der Waals surface area contributed by atoms with E-state index in [9.17, 15) is 4.79 Å². The summed E-state index contributed by atoms with van der Waals surface area (Å²) >= 11 is 12.2. The summed E-state index contributed by atoms with van der Waals surface area (Å²) in [4.78, 5) is 23.7. The van der Waals surface area contributed by atoms with Crippen LogP contribution in [0, 0.1) is 0 Å². The minimum Gasteiger partial charge on any atom is -0.353 e. The zero-order valence-corrected chi connectivity index (χ0v) is 20.8. The van der Waals surface area contributed by atoms with E-state index in [4.69, 9.17) is 27.7 Å². The summed E-state index contributed by atoms with van der Waals surface area (Å²) in [5, 5.41) is 8.36. The van der Waals surface area contributed by atoms with E-state index in [0.29, 0.717) is 52.4 Å². The van der Waals surface area contributed by atoms with E-state index in [-0.39, 0.29) is 24.4 Å². The Bertz CT molecular complexity index is 1110. The quantitative estimate of drug-likeness (QED) is 0.464. The topological polar surface area (TPSA) is 84.1 Å². The zero-order chi connectivity index (χ0) is 22.8. The van der Waals surface area contributed by atoms with E-state index >= 15 is 0 Å². The monoisotopic (exact) mass is 521 g/mol. The lowest BCUT2D eigenvalue weighted by atomic mass is 9.96. The standard InChI is InChI=1S/C24H25Cl2N5O2.ClH/c25-19-7-4-15(11-20(19)26)14-31-17-5-6-18(31)13-16(12-17)28-22(32)8-9-23-29-24(30-33-23)21-3-1-2-10-27-21;/h1-4,7,10-11,16-18H,5-6,8-9,12-14H2,(H,28,32);1H. The fourth-order valence-corrected chi connectivity index (χ4v) is 5.30. The van der Waals surface area contributed by atoms with E-state index in [1.54, 1.807) is 6.20 Å². The van der Waals surface area contributed by atoms with E-state index in [0.717, 1.165) is 32.2 Å². The Morgan fingerprint density at radius 2 is 1.91 bits per heavy atom. The SMILES string of the molecule is Cl.O=C(CCc1nc(-c2ccccn2)no1)NC1CC2CCC(C1)N2Cc1ccc(Cl)c(Cl)c1. The van der Waals surface area contributed by atoms with Crippen molar-refractivity contribution in [1.29, 1.82) is 0 Å². The second-order valence-corrected chi connectivity index (χ2v) is 9.58. The van der Waals surface area contributed by atoms with Crippen molar-refractivity contribution in [1.82, 2.24) is 25.3 Å². The van der Waals surface area contributed by atoms with Crippen molar-refractivity contribution in [2.24, 2.45) is 0 Å². The van der Waals surface area contributed by atoms with Gasteiger partial charge in [0, 0.05) is 43.7 Å². The summed E-state index contributed by atoms with van der Waals surface area (Å²) in [5.74, 6) is 0.911. The van der Waals surface area contributed by atoms with Crippen LogP contribution in [0.25, 0.3) is 11.5 Å². The van der Waals surface area contributed by atoms with Gasteiger partial charge in [0.15, 0.2) is 0 Å². The van der Waals surface area contributed by atoms with Crippen LogP contribution in [-0.2, 0) is 17.8 Å². The molecule has 0 aliphatic carbocycles. The Kier molecular flexibility index (Phi) is 8.09. The van der Waals surface area contributed by atoms with Crippen molar-refractivity contribution < 1.29 is 9.32 Å². The molecule has 4 heterocycles. The van der Waals surface area contributed by atoms with Gasteiger partial charge in [-0.3, -0.25) is 14.7 Å². The Labute approximate surface area is 214 Å². The van der Waals surface area contributed by atoms with E-state index < -0.39 is 0 Å². The van der Waals surface area contributed by atoms with Gasteiger partial charge in [0.25, 0.3) is 0 Å². The molecule has 0 spiro atoms. The number of pyridine rings is 1. The molecule has 2 atom stereocenters. The van der Waals surface area contributed by atoms with Crippen LogP contribution < -0.4 is 5.32 Å². The lowest BCUT2D eigenvalue weighted by Crippen LogP contribution is -2.50. The van der Waals surface area contributed by atoms with Crippen molar-refractivity contribution in [3.05, 3.63) is 64.1 Å². The van der Waals surface area contributed by atoms with Gasteiger partial charge in [-0.25, -0.2) is 0 Å². The van der Waals surface area contributed by atoms with E-state index in [1.165, 1.54) is 5.56 Å². The number of rotatable bonds is 7. The molecule has 0 saturated carbocycles. The van der Waals surface area contributed by atoms with E-state index in [2.05, 4.69) is 25.3 Å². The van der Waals surface area contributed by atoms with Gasteiger partial charge in [-0.1, -0.05) is 40.5 Å². The molecule has 0 radical (unpaired) electrons. The van der Waals surface area contributed by atoms with Crippen molar-refractivity contribution in [2.75, 3.05) is 0 Å². The van der Waals surface area contributed by atoms with Gasteiger partial charge in [0.05, 0.1) is 10.0 Å². The molecule has 2 fully saturated rings. The molecule has 2 aliphatic heterocycles. The van der Waals surface area contributed by atoms with Crippen LogP contribution in [-0.4, -0.2) is 44.1 Å². The summed E-state index contributed by atoms with van der Waals surface area (Å²) in [6.45, 7) is 0.864. The second-order valence-electron chi connectivity index (χ2n) is 8.77. The van der Waals surface area contributed by atoms with Crippen LogP contribution in [0.15, 0.2) is 47.1 Å². The van der Waals surface area contributed by atoms with Gasteiger partial charge < -0.3 is 9.84 Å². The smallest absolute Gasteiger partial charge is 0.227 e. The number of fused-ring (bicyclic) bond motifs is 2. The molecule has 2 aromatic heterocycles. The average molecular weight is 523 g/mol. The predicted octanol–water partition coefficient (Wildman–Crippen LogP) is 5.10. The lowest BCUT2D eigenvalue weighted by Gasteiger charge is -2.39. The predicted molar refractivity (Wildman–Crippen MR) is 133 cm³/mol. The highest BCUT2D eigenvalue weighted by Gasteiger charge is 2.40. The van der Waals surface area contributed by atoms with Crippen LogP contribution in [0.2, 0.25) is 10.0 Å². The molecule has 1 aromatic carbocycles. The number of carbonyl (C=O) groups excluding carboxylic acids is 1. The summed E-state index contributed by atoms with van der Waals surface area (Å²) in [7, 11) is 0. The van der Waals surface area contributed by atoms with Crippen LogP contribution in [0.1, 0.15) is 43.6 Å². The number of piperidine rings is 1. The van der Waals surface area contributed by atoms with Crippen molar-refractivity contribution >= 4 is 41.5 Å². The lowest BCUT2D eigenvalue weighted by molar-refractivity contribution is -0.122. The maximum Gasteiger partial charge on any atom is 0.227 e. The van der Waals surface area contributed by atoms with Crippen LogP contribution in [0.5, 0.6) is 0 Å². The van der Waals surface area contributed by atoms with Gasteiger partial charge >= 0.3 is 0 Å². The molecule has 34 heavy (non-hydrogen) atoms. The summed E-state index contributed by atoms with van der Waals surface area (Å²) in [5.41, 5.74) is 1.83. The number of hydrogen-bond donors (Lipinski definition) is 1. The fraction of sp³-hybridized carbons (Fsp3) is 0.417. The van der Waals surface area contributed by atoms with Crippen LogP contribution in [0.4, 0.5) is 0 Å². The molecular formula is C24H26Cl3N5O2. The number of nitrogens with one attached hydrogen (secondary N) is 1. The Morgan fingerprint density at radius 3 is 2.62 bits per heavy atom. The third-order valence-electron chi connectivity index (χ3n) is 6.53. The van der Waals surface area contributed by atoms with Crippen LogP contribution >= 0.6 is 35.6 Å². The molecule has 7 nitrogen and oxygen atoms in total. The first-order chi connectivity index (χ1) is 16.0. The number of halogens is 3. The highest BCUT2D eigenvalue weighted by Crippen LogP contribution is 2.37. The van der Waals surface area contributed by atoms with Gasteiger partial charge in [-0.2, -0.15) is 4.98 Å². The van der Waals surface area contributed by atoms with Crippen molar-refractivity contribution in [3.63, 3.8) is 0 Å².